The van der Waals surface area contributed by atoms with Gasteiger partial charge in [-0.1, -0.05) is 34.6 Å². The van der Waals surface area contributed by atoms with E-state index in [0.29, 0.717) is 0 Å². The van der Waals surface area contributed by atoms with Crippen molar-refractivity contribution in [2.75, 3.05) is 0 Å². The normalized spacial score (nSPS) is 11.3. The molecule has 16 heavy (non-hydrogen) atoms. The molecule has 0 aliphatic carbocycles. The van der Waals surface area contributed by atoms with E-state index in [-0.39, 0.29) is 5.57 Å². The van der Waals surface area contributed by atoms with Crippen LogP contribution in [0.5, 0.6) is 0 Å². The van der Waals surface area contributed by atoms with E-state index in [1.807, 2.05) is 18.2 Å². The van der Waals surface area contributed by atoms with Crippen molar-refractivity contribution in [3.05, 3.63) is 46.5 Å². The number of benzene rings is 1. The van der Waals surface area contributed by atoms with Gasteiger partial charge < -0.3 is 4.74 Å². The number of carbonyl (C=O) groups excluding carboxylic acids is 1. The average molecular weight is 280 g/mol. The van der Waals surface area contributed by atoms with E-state index in [9.17, 15) is 4.79 Å². The van der Waals surface area contributed by atoms with Crippen LogP contribution < -0.4 is 0 Å². The van der Waals surface area contributed by atoms with Crippen molar-refractivity contribution in [1.82, 2.24) is 0 Å². The van der Waals surface area contributed by atoms with Crippen LogP contribution in [0, 0.1) is 11.3 Å². The number of halogens is 1. The molecule has 0 heterocycles. The zero-order chi connectivity index (χ0) is 12.1. The molecule has 0 amide bonds. The third-order valence-electron chi connectivity index (χ3n) is 1.92. The Kier molecular flexibility index (Phi) is 4.27. The van der Waals surface area contributed by atoms with Crippen LogP contribution in [0.15, 0.2) is 40.9 Å². The second kappa shape index (κ2) is 5.47. The molecule has 4 heteroatoms. The van der Waals surface area contributed by atoms with Crippen molar-refractivity contribution in [2.24, 2.45) is 0 Å². The maximum Gasteiger partial charge on any atom is 0.303 e. The lowest BCUT2D eigenvalue weighted by atomic mass is 10.0. The second-order valence-corrected chi connectivity index (χ2v) is 4.09. The lowest BCUT2D eigenvalue weighted by molar-refractivity contribution is -0.144. The van der Waals surface area contributed by atoms with E-state index in [4.69, 9.17) is 10.00 Å². The molecule has 0 bridgehead atoms. The van der Waals surface area contributed by atoms with E-state index < -0.39 is 12.1 Å². The van der Waals surface area contributed by atoms with E-state index in [0.717, 1.165) is 10.0 Å². The predicted molar refractivity (Wildman–Crippen MR) is 63.4 cm³/mol. The van der Waals surface area contributed by atoms with Gasteiger partial charge in [-0.25, -0.2) is 0 Å². The van der Waals surface area contributed by atoms with Crippen molar-refractivity contribution < 1.29 is 9.53 Å². The van der Waals surface area contributed by atoms with Crippen LogP contribution in [0.2, 0.25) is 0 Å². The first-order valence-electron chi connectivity index (χ1n) is 4.56. The number of hydrogen-bond donors (Lipinski definition) is 0. The van der Waals surface area contributed by atoms with Gasteiger partial charge in [0.05, 0.1) is 11.6 Å². The Labute approximate surface area is 102 Å². The van der Waals surface area contributed by atoms with Crippen LogP contribution in [0.3, 0.4) is 0 Å². The average Bonchev–Trinajstić information content (AvgIpc) is 2.26. The molecule has 3 nitrogen and oxygen atoms in total. The minimum absolute atomic E-state index is 0.206. The molecule has 0 aliphatic rings. The summed E-state index contributed by atoms with van der Waals surface area (Å²) in [7, 11) is 0. The molecule has 1 unspecified atom stereocenters. The maximum atomic E-state index is 10.9. The van der Waals surface area contributed by atoms with Crippen molar-refractivity contribution in [2.45, 2.75) is 13.0 Å². The Morgan fingerprint density at radius 3 is 2.50 bits per heavy atom. The van der Waals surface area contributed by atoms with E-state index in [1.54, 1.807) is 12.1 Å². The van der Waals surface area contributed by atoms with Gasteiger partial charge in [0, 0.05) is 11.4 Å². The number of rotatable bonds is 3. The van der Waals surface area contributed by atoms with Crippen molar-refractivity contribution in [3.8, 4) is 6.07 Å². The number of esters is 1. The fourth-order valence-corrected chi connectivity index (χ4v) is 1.47. The zero-order valence-corrected chi connectivity index (χ0v) is 10.3. The fourth-order valence-electron chi connectivity index (χ4n) is 1.20. The first-order valence-corrected chi connectivity index (χ1v) is 5.35. The van der Waals surface area contributed by atoms with Crippen LogP contribution in [0.4, 0.5) is 0 Å². The van der Waals surface area contributed by atoms with Gasteiger partial charge in [-0.2, -0.15) is 5.26 Å². The zero-order valence-electron chi connectivity index (χ0n) is 8.74. The van der Waals surface area contributed by atoms with Gasteiger partial charge in [0.15, 0.2) is 6.10 Å². The van der Waals surface area contributed by atoms with Crippen molar-refractivity contribution in [3.63, 3.8) is 0 Å². The van der Waals surface area contributed by atoms with Gasteiger partial charge in [0.25, 0.3) is 0 Å². The van der Waals surface area contributed by atoms with Crippen LogP contribution in [0.1, 0.15) is 18.6 Å². The topological polar surface area (TPSA) is 50.1 Å². The van der Waals surface area contributed by atoms with Crippen molar-refractivity contribution >= 4 is 21.9 Å². The van der Waals surface area contributed by atoms with Crippen LogP contribution in [0.25, 0.3) is 0 Å². The quantitative estimate of drug-likeness (QED) is 0.631. The van der Waals surface area contributed by atoms with Crippen molar-refractivity contribution in [1.29, 1.82) is 5.26 Å². The molecule has 1 atom stereocenters. The summed E-state index contributed by atoms with van der Waals surface area (Å²) in [5.41, 5.74) is 0.933. The lowest BCUT2D eigenvalue weighted by Crippen LogP contribution is -2.09. The van der Waals surface area contributed by atoms with Gasteiger partial charge in [0.2, 0.25) is 0 Å². The second-order valence-electron chi connectivity index (χ2n) is 3.18. The largest absolute Gasteiger partial charge is 0.452 e. The highest BCUT2D eigenvalue weighted by molar-refractivity contribution is 9.10. The molecule has 1 aromatic carbocycles. The summed E-state index contributed by atoms with van der Waals surface area (Å²) in [6, 6.07) is 9.09. The molecular formula is C12H10BrNO2. The Morgan fingerprint density at radius 1 is 1.50 bits per heavy atom. The summed E-state index contributed by atoms with van der Waals surface area (Å²) in [4.78, 5) is 10.9. The Morgan fingerprint density at radius 2 is 2.06 bits per heavy atom. The molecule has 82 valence electrons. The molecule has 0 N–H and O–H groups in total. The number of hydrogen-bond acceptors (Lipinski definition) is 3. The number of ether oxygens (including phenoxy) is 1. The third kappa shape index (κ3) is 3.21. The standard InChI is InChI=1S/C12H10BrNO2/c1-8(7-14)12(16-9(2)15)10-3-5-11(13)6-4-10/h3-6,12H,1H2,2H3. The minimum Gasteiger partial charge on any atom is -0.452 e. The van der Waals surface area contributed by atoms with Crippen LogP contribution in [-0.2, 0) is 9.53 Å². The summed E-state index contributed by atoms with van der Waals surface area (Å²) in [6.07, 6.45) is -0.699. The summed E-state index contributed by atoms with van der Waals surface area (Å²) >= 11 is 3.30. The Balaban J connectivity index is 3.01. The number of nitriles is 1. The Bertz CT molecular complexity index is 445. The summed E-state index contributed by atoms with van der Waals surface area (Å²) in [6.45, 7) is 4.88. The van der Waals surface area contributed by atoms with Gasteiger partial charge >= 0.3 is 5.97 Å². The summed E-state index contributed by atoms with van der Waals surface area (Å²) in [5.74, 6) is -0.440. The summed E-state index contributed by atoms with van der Waals surface area (Å²) in [5, 5.41) is 8.78. The molecule has 0 saturated carbocycles. The molecule has 0 radical (unpaired) electrons. The first-order chi connectivity index (χ1) is 7.54. The molecule has 0 spiro atoms. The molecule has 1 aromatic rings. The molecule has 0 aromatic heterocycles. The minimum atomic E-state index is -0.699. The number of carbonyl (C=O) groups is 1. The molecule has 0 saturated heterocycles. The monoisotopic (exact) mass is 279 g/mol. The maximum absolute atomic E-state index is 10.9. The smallest absolute Gasteiger partial charge is 0.303 e. The molecule has 0 aliphatic heterocycles. The highest BCUT2D eigenvalue weighted by Gasteiger charge is 2.18. The van der Waals surface area contributed by atoms with Gasteiger partial charge in [-0.3, -0.25) is 4.79 Å². The highest BCUT2D eigenvalue weighted by Crippen LogP contribution is 2.25. The molecule has 0 fully saturated rings. The van der Waals surface area contributed by atoms with Gasteiger partial charge in [-0.15, -0.1) is 0 Å². The van der Waals surface area contributed by atoms with Crippen LogP contribution >= 0.6 is 15.9 Å². The number of nitrogens with zero attached hydrogens (tertiary/aromatic N) is 1. The van der Waals surface area contributed by atoms with E-state index in [1.165, 1.54) is 6.92 Å². The SMILES string of the molecule is C=C(C#N)C(OC(C)=O)c1ccc(Br)cc1. The fraction of sp³-hybridized carbons (Fsp3) is 0.167. The van der Waals surface area contributed by atoms with E-state index >= 15 is 0 Å². The van der Waals surface area contributed by atoms with Crippen LogP contribution in [-0.4, -0.2) is 5.97 Å². The molecular weight excluding hydrogens is 270 g/mol. The molecule has 1 rings (SSSR count). The van der Waals surface area contributed by atoms with E-state index in [2.05, 4.69) is 22.5 Å². The van der Waals surface area contributed by atoms with Gasteiger partial charge in [0.1, 0.15) is 0 Å². The first kappa shape index (κ1) is 12.5. The predicted octanol–water partition coefficient (Wildman–Crippen LogP) is 3.13. The third-order valence-corrected chi connectivity index (χ3v) is 2.45. The van der Waals surface area contributed by atoms with Gasteiger partial charge in [-0.05, 0) is 17.7 Å². The Hall–Kier alpha value is -1.60. The lowest BCUT2D eigenvalue weighted by Gasteiger charge is -2.15. The highest BCUT2D eigenvalue weighted by atomic mass is 79.9. The summed E-state index contributed by atoms with van der Waals surface area (Å²) < 4.78 is 5.97.